The van der Waals surface area contributed by atoms with Crippen LogP contribution in [0.1, 0.15) is 91.4 Å². The zero-order valence-electron chi connectivity index (χ0n) is 46.3. The fourth-order valence-corrected chi connectivity index (χ4v) is 28.4. The summed E-state index contributed by atoms with van der Waals surface area (Å²) in [7, 11) is 0. The fraction of sp³-hybridized carbons (Fsp3) is 0.329. The van der Waals surface area contributed by atoms with Gasteiger partial charge in [-0.15, -0.1) is 0 Å². The summed E-state index contributed by atoms with van der Waals surface area (Å²) >= 11 is 0. The molecular formula is C73H40O17. The van der Waals surface area contributed by atoms with Gasteiger partial charge in [0.05, 0.1) is 22.3 Å². The van der Waals surface area contributed by atoms with E-state index in [1.165, 1.54) is 12.2 Å². The van der Waals surface area contributed by atoms with Crippen molar-refractivity contribution in [3.05, 3.63) is 206 Å². The molecule has 0 bridgehead atoms. The van der Waals surface area contributed by atoms with Crippen molar-refractivity contribution in [1.82, 2.24) is 0 Å². The Bertz CT molecular complexity index is 5550. The lowest BCUT2D eigenvalue weighted by molar-refractivity contribution is -0.289. The highest BCUT2D eigenvalue weighted by Gasteiger charge is 3.06. The first-order valence-electron chi connectivity index (χ1n) is 31.4. The minimum atomic E-state index is -2.90. The van der Waals surface area contributed by atoms with Gasteiger partial charge in [-0.1, -0.05) is 60.7 Å². The predicted molar refractivity (Wildman–Crippen MR) is 304 cm³/mol. The molecule has 6 saturated carbocycles. The normalized spacial score (nSPS) is 49.6. The number of aliphatic hydroxyl groups is 4. The Labute approximate surface area is 503 Å². The molecule has 0 radical (unpaired) electrons. The molecule has 90 heavy (non-hydrogen) atoms. The minimum absolute atomic E-state index is 0.0193. The summed E-state index contributed by atoms with van der Waals surface area (Å²) in [6.45, 7) is 0. The van der Waals surface area contributed by atoms with Crippen LogP contribution in [-0.4, -0.2) is 132 Å². The first-order chi connectivity index (χ1) is 43.2. The molecule has 3 aromatic carbocycles. The SMILES string of the molecule is O=C(O)C1=CC2=Cc3c4c5c6c(c3C(=O)O)=CC3=Cc7cccc8c7C7C9c%10c-8ccc8c%10C%10C(C=C8C(=O)O)CC8C(C(=O)O)=C%11CC%12C=C%13C=CC=C%14C%15=C(C(=O)O)C=C1C1%16OC21C4C1C2=C5C4=C(C%115OC25C%12C(C%13%14O)C1(O)C%15%16O)C81OC%101C9C4C=6C37O. The van der Waals surface area contributed by atoms with Gasteiger partial charge < -0.3 is 60.2 Å². The van der Waals surface area contributed by atoms with Crippen LogP contribution in [0.15, 0.2) is 145 Å². The molecule has 9 fully saturated rings. The second-order valence-electron chi connectivity index (χ2n) is 30.5. The molecule has 434 valence electrons. The molecule has 22 atom stereocenters. The number of hydrogen-bond donors (Lipinski definition) is 9. The number of carboxylic acids is 5. The van der Waals surface area contributed by atoms with Crippen LogP contribution in [0.5, 0.6) is 0 Å². The lowest BCUT2D eigenvalue weighted by Gasteiger charge is -2.76. The average molecular weight is 1190 g/mol. The van der Waals surface area contributed by atoms with Gasteiger partial charge in [-0.3, -0.25) is 0 Å². The molecule has 6 spiro atoms. The van der Waals surface area contributed by atoms with Crippen molar-refractivity contribution in [3.63, 3.8) is 0 Å². The molecule has 3 heterocycles. The zero-order chi connectivity index (χ0) is 59.7. The van der Waals surface area contributed by atoms with Gasteiger partial charge in [0, 0.05) is 81.5 Å². The Balaban J connectivity index is 0.931. The van der Waals surface area contributed by atoms with Crippen molar-refractivity contribution in [2.45, 2.75) is 92.5 Å². The summed E-state index contributed by atoms with van der Waals surface area (Å²) in [6.07, 6.45) is 16.9. The van der Waals surface area contributed by atoms with Gasteiger partial charge in [-0.05, 0) is 171 Å². The van der Waals surface area contributed by atoms with Crippen molar-refractivity contribution in [3.8, 4) is 11.1 Å². The van der Waals surface area contributed by atoms with E-state index in [1.54, 1.807) is 24.3 Å². The molecule has 0 aromatic heterocycles. The van der Waals surface area contributed by atoms with Gasteiger partial charge in [0.1, 0.15) is 44.8 Å². The number of benzene rings is 3. The molecule has 17 nitrogen and oxygen atoms in total. The molecular weight excluding hydrogens is 1150 g/mol. The topological polar surface area (TPSA) is 305 Å². The second kappa shape index (κ2) is 11.5. The van der Waals surface area contributed by atoms with E-state index in [4.69, 9.17) is 14.2 Å². The van der Waals surface area contributed by atoms with Gasteiger partial charge in [0.25, 0.3) is 0 Å². The maximum atomic E-state index is 15.9. The van der Waals surface area contributed by atoms with Gasteiger partial charge in [0.15, 0.2) is 11.2 Å². The van der Waals surface area contributed by atoms with Crippen molar-refractivity contribution >= 4 is 64.8 Å². The van der Waals surface area contributed by atoms with E-state index in [2.05, 4.69) is 6.07 Å². The molecule has 3 aromatic rings. The van der Waals surface area contributed by atoms with E-state index in [0.29, 0.717) is 55.0 Å². The third kappa shape index (κ3) is 3.21. The third-order valence-electron chi connectivity index (χ3n) is 29.4. The van der Waals surface area contributed by atoms with Crippen LogP contribution < -0.4 is 10.4 Å². The number of fused-ring (bicyclic) bond motifs is 2. The van der Waals surface area contributed by atoms with Gasteiger partial charge in [-0.25, -0.2) is 24.0 Å². The third-order valence-corrected chi connectivity index (χ3v) is 29.4. The first kappa shape index (κ1) is 45.6. The standard InChI is InChI=1S/C73H40O17/c74-59(75)27-11-20-13-35-42(63(82)83)34-12-19-10-21-4-2-6-32-50-31(61(78)79)17-33-28(60(76)77)15-23-16-30-37(62(80)81)29-14-22-9-18-3-1-5-24-25-7-8-26(27)39-38(25)46-51(36(18)24)65(22,85)52-40(29)43-41(30)54-56-55-44(43)45-47(52)53(46)70(48(20)39)68(35,88-70)57(45)69(34)71(55,89-69)49(19)58(64(21,32)84)66(56,86)72(50,87)73(33)67(23,54)90-73/h1-11,14-17,19-20,35,46-49,51,53-54,56,58,84-87H,12-13H2,(H,74,75)(H,76,77)(H,78,79)(H,80,81)(H,82,83). The van der Waals surface area contributed by atoms with E-state index in [9.17, 15) is 45.0 Å². The number of epoxide rings is 3. The van der Waals surface area contributed by atoms with Gasteiger partial charge in [-0.2, -0.15) is 0 Å². The van der Waals surface area contributed by atoms with Crippen LogP contribution in [0.2, 0.25) is 0 Å². The molecule has 9 N–H and O–H groups in total. The Morgan fingerprint density at radius 1 is 0.622 bits per heavy atom. The summed E-state index contributed by atoms with van der Waals surface area (Å²) < 4.78 is 24.1. The summed E-state index contributed by atoms with van der Waals surface area (Å²) in [6, 6.07) is 9.98. The first-order valence-corrected chi connectivity index (χ1v) is 31.4. The number of aliphatic carboxylic acids is 4. The molecule has 21 aliphatic carbocycles. The molecule has 17 heteroatoms. The van der Waals surface area contributed by atoms with E-state index in [-0.39, 0.29) is 63.0 Å². The van der Waals surface area contributed by atoms with Crippen molar-refractivity contribution < 1.29 is 84.1 Å². The summed E-state index contributed by atoms with van der Waals surface area (Å²) in [5.74, 6) is -17.6. The highest BCUT2D eigenvalue weighted by atomic mass is 16.7. The molecule has 27 rings (SSSR count). The molecule has 3 saturated heterocycles. The Kier molecular flexibility index (Phi) is 5.85. The van der Waals surface area contributed by atoms with E-state index in [0.717, 1.165) is 44.5 Å². The van der Waals surface area contributed by atoms with Crippen LogP contribution in [0.25, 0.3) is 46.1 Å². The van der Waals surface area contributed by atoms with E-state index >= 15 is 24.9 Å². The van der Waals surface area contributed by atoms with E-state index < -0.39 is 168 Å². The van der Waals surface area contributed by atoms with Crippen molar-refractivity contribution in [1.29, 1.82) is 0 Å². The van der Waals surface area contributed by atoms with E-state index in [1.807, 2.05) is 48.6 Å². The molecule has 24 aliphatic rings. The van der Waals surface area contributed by atoms with Crippen LogP contribution >= 0.6 is 0 Å². The summed E-state index contributed by atoms with van der Waals surface area (Å²) in [5, 5.41) is 121. The van der Waals surface area contributed by atoms with Crippen LogP contribution in [0, 0.1) is 47.3 Å². The Morgan fingerprint density at radius 3 is 2.22 bits per heavy atom. The number of allylic oxidation sites excluding steroid dienone is 6. The highest BCUT2D eigenvalue weighted by molar-refractivity contribution is 6.18. The average Bonchev–Trinajstić information content (AvgIpc) is 1.35. The number of carbonyl (C=O) groups is 5. The molecule has 0 amide bonds. The number of aromatic carboxylic acids is 1. The molecule has 22 unspecified atom stereocenters. The number of rotatable bonds is 5. The van der Waals surface area contributed by atoms with Crippen LogP contribution in [-0.2, 0) is 33.4 Å². The summed E-state index contributed by atoms with van der Waals surface area (Å²) in [4.78, 5) is 72.8. The second-order valence-corrected chi connectivity index (χ2v) is 30.5. The zero-order valence-corrected chi connectivity index (χ0v) is 46.3. The van der Waals surface area contributed by atoms with Gasteiger partial charge in [0.2, 0.25) is 0 Å². The maximum absolute atomic E-state index is 15.9. The largest absolute Gasteiger partial charge is 0.478 e. The molecule has 3 aliphatic heterocycles. The highest BCUT2D eigenvalue weighted by Crippen LogP contribution is 2.98. The minimum Gasteiger partial charge on any atom is -0.478 e. The monoisotopic (exact) mass is 1190 g/mol. The number of carboxylic acid groups (broad SMARTS) is 5. The van der Waals surface area contributed by atoms with Crippen molar-refractivity contribution in [2.75, 3.05) is 0 Å². The Hall–Kier alpha value is -8.65. The maximum Gasteiger partial charge on any atom is 0.336 e. The number of ether oxygens (including phenoxy) is 3. The predicted octanol–water partition coefficient (Wildman–Crippen LogP) is 3.85. The summed E-state index contributed by atoms with van der Waals surface area (Å²) in [5.41, 5.74) is -9.90. The lowest BCUT2D eigenvalue weighted by Crippen LogP contribution is -2.88. The Morgan fingerprint density at radius 2 is 1.43 bits per heavy atom. The quantitative estimate of drug-likeness (QED) is 0.164. The fourth-order valence-electron chi connectivity index (χ4n) is 28.4. The van der Waals surface area contributed by atoms with Crippen LogP contribution in [0.3, 0.4) is 0 Å². The smallest absolute Gasteiger partial charge is 0.336 e. The van der Waals surface area contributed by atoms with Gasteiger partial charge >= 0.3 is 29.8 Å². The number of hydrogen-bond acceptors (Lipinski definition) is 12. The lowest BCUT2D eigenvalue weighted by atomic mass is 9.25. The van der Waals surface area contributed by atoms with Crippen LogP contribution in [0.4, 0.5) is 0 Å². The van der Waals surface area contributed by atoms with Crippen molar-refractivity contribution in [2.24, 2.45) is 47.3 Å².